The maximum Gasteiger partial charge on any atom is 0.290 e. The van der Waals surface area contributed by atoms with Gasteiger partial charge in [-0.25, -0.2) is 9.61 Å². The smallest absolute Gasteiger partial charge is 0.290 e. The number of nitrogens with one attached hydrogen (secondary N) is 2. The lowest BCUT2D eigenvalue weighted by Crippen LogP contribution is -2.22. The molecule has 0 saturated heterocycles. The summed E-state index contributed by atoms with van der Waals surface area (Å²) in [6.45, 7) is 0. The first kappa shape index (κ1) is 19.2. The van der Waals surface area contributed by atoms with Crippen molar-refractivity contribution in [3.8, 4) is 22.8 Å². The van der Waals surface area contributed by atoms with Gasteiger partial charge < -0.3 is 14.8 Å². The lowest BCUT2D eigenvalue weighted by molar-refractivity contribution is -0.115. The number of nitrogens with zero attached hydrogens (tertiary/aromatic N) is 3. The molecule has 0 bridgehead atoms. The molecule has 0 spiro atoms. The van der Waals surface area contributed by atoms with E-state index in [0.29, 0.717) is 34.2 Å². The van der Waals surface area contributed by atoms with Crippen molar-refractivity contribution in [1.82, 2.24) is 19.8 Å². The summed E-state index contributed by atoms with van der Waals surface area (Å²) in [4.78, 5) is 24.8. The number of H-pyrrole nitrogens is 1. The summed E-state index contributed by atoms with van der Waals surface area (Å²) in [7, 11) is 3.06. The zero-order chi connectivity index (χ0) is 21.1. The van der Waals surface area contributed by atoms with Gasteiger partial charge in [0.2, 0.25) is 5.91 Å². The van der Waals surface area contributed by atoms with Crippen molar-refractivity contribution in [2.45, 2.75) is 6.42 Å². The third-order valence-corrected chi connectivity index (χ3v) is 4.50. The Kier molecular flexibility index (Phi) is 5.17. The van der Waals surface area contributed by atoms with Crippen LogP contribution in [-0.2, 0) is 11.2 Å². The summed E-state index contributed by atoms with van der Waals surface area (Å²) in [6.07, 6.45) is -0.0945. The predicted molar refractivity (Wildman–Crippen MR) is 111 cm³/mol. The number of methoxy groups -OCH3 is 2. The van der Waals surface area contributed by atoms with Crippen LogP contribution in [0.5, 0.6) is 11.5 Å². The molecule has 0 atom stereocenters. The van der Waals surface area contributed by atoms with E-state index in [1.807, 2.05) is 30.3 Å². The number of hydrogen-bond acceptors (Lipinski definition) is 6. The maximum absolute atomic E-state index is 12.6. The number of benzene rings is 2. The number of aromatic amines is 1. The molecule has 0 saturated carbocycles. The van der Waals surface area contributed by atoms with Gasteiger partial charge in [0.15, 0.2) is 5.82 Å². The third-order valence-electron chi connectivity index (χ3n) is 4.50. The molecule has 9 heteroatoms. The monoisotopic (exact) mass is 405 g/mol. The van der Waals surface area contributed by atoms with Crippen molar-refractivity contribution in [2.75, 3.05) is 19.5 Å². The fraction of sp³-hybridized carbons (Fsp3) is 0.143. The van der Waals surface area contributed by atoms with Gasteiger partial charge in [-0.2, -0.15) is 10.2 Å². The third kappa shape index (κ3) is 3.86. The highest BCUT2D eigenvalue weighted by atomic mass is 16.5. The average Bonchev–Trinajstić information content (AvgIpc) is 3.23. The summed E-state index contributed by atoms with van der Waals surface area (Å²) < 4.78 is 11.8. The number of hydrogen-bond donors (Lipinski definition) is 2. The maximum atomic E-state index is 12.6. The Labute approximate surface area is 171 Å². The molecule has 2 N–H and O–H groups in total. The fourth-order valence-corrected chi connectivity index (χ4v) is 3.05. The highest BCUT2D eigenvalue weighted by Crippen LogP contribution is 2.26. The Balaban J connectivity index is 1.62. The van der Waals surface area contributed by atoms with E-state index >= 15 is 0 Å². The van der Waals surface area contributed by atoms with Gasteiger partial charge in [-0.1, -0.05) is 30.3 Å². The molecule has 4 rings (SSSR count). The molecule has 0 aliphatic carbocycles. The summed E-state index contributed by atoms with van der Waals surface area (Å²) in [5.74, 6) is 1.07. The molecule has 2 aromatic carbocycles. The van der Waals surface area contributed by atoms with Crippen molar-refractivity contribution in [2.24, 2.45) is 0 Å². The quantitative estimate of drug-likeness (QED) is 0.509. The lowest BCUT2D eigenvalue weighted by atomic mass is 10.1. The molecule has 0 aliphatic rings. The minimum Gasteiger partial charge on any atom is -0.497 e. The molecule has 9 nitrogen and oxygen atoms in total. The van der Waals surface area contributed by atoms with Crippen molar-refractivity contribution in [3.05, 3.63) is 70.8 Å². The zero-order valence-electron chi connectivity index (χ0n) is 16.4. The van der Waals surface area contributed by atoms with Crippen molar-refractivity contribution in [3.63, 3.8) is 0 Å². The van der Waals surface area contributed by atoms with Crippen molar-refractivity contribution in [1.29, 1.82) is 0 Å². The van der Waals surface area contributed by atoms with E-state index in [9.17, 15) is 9.59 Å². The molecule has 30 heavy (non-hydrogen) atoms. The highest BCUT2D eigenvalue weighted by molar-refractivity contribution is 5.92. The van der Waals surface area contributed by atoms with Crippen molar-refractivity contribution < 1.29 is 14.3 Å². The molecule has 4 aromatic rings. The fourth-order valence-electron chi connectivity index (χ4n) is 3.05. The van der Waals surface area contributed by atoms with Crippen LogP contribution in [0.4, 0.5) is 5.69 Å². The van der Waals surface area contributed by atoms with Gasteiger partial charge in [-0.3, -0.25) is 9.59 Å². The second-order valence-corrected chi connectivity index (χ2v) is 6.49. The van der Waals surface area contributed by atoms with Crippen LogP contribution in [0.15, 0.2) is 59.4 Å². The molecule has 0 aliphatic heterocycles. The number of ether oxygens (including phenoxy) is 2. The van der Waals surface area contributed by atoms with Crippen LogP contribution in [0.25, 0.3) is 16.8 Å². The van der Waals surface area contributed by atoms with Crippen LogP contribution in [0.2, 0.25) is 0 Å². The highest BCUT2D eigenvalue weighted by Gasteiger charge is 2.15. The van der Waals surface area contributed by atoms with E-state index in [-0.39, 0.29) is 17.9 Å². The lowest BCUT2D eigenvalue weighted by Gasteiger charge is -2.10. The van der Waals surface area contributed by atoms with E-state index in [4.69, 9.17) is 9.47 Å². The van der Waals surface area contributed by atoms with Gasteiger partial charge in [0.25, 0.3) is 5.56 Å². The Morgan fingerprint density at radius 1 is 1.07 bits per heavy atom. The molecule has 2 aromatic heterocycles. The van der Waals surface area contributed by atoms with E-state index < -0.39 is 0 Å². The number of amides is 1. The molecule has 0 fully saturated rings. The first-order chi connectivity index (χ1) is 14.6. The largest absolute Gasteiger partial charge is 0.497 e. The summed E-state index contributed by atoms with van der Waals surface area (Å²) in [5.41, 5.74) is 1.93. The average molecular weight is 405 g/mol. The van der Waals surface area contributed by atoms with Crippen LogP contribution in [0, 0.1) is 0 Å². The van der Waals surface area contributed by atoms with Crippen molar-refractivity contribution >= 4 is 17.1 Å². The zero-order valence-corrected chi connectivity index (χ0v) is 16.4. The Morgan fingerprint density at radius 2 is 1.77 bits per heavy atom. The summed E-state index contributed by atoms with van der Waals surface area (Å²) in [5, 5.41) is 13.7. The van der Waals surface area contributed by atoms with Gasteiger partial charge in [0.05, 0.1) is 26.3 Å². The number of anilines is 1. The Bertz CT molecular complexity index is 1240. The predicted octanol–water partition coefficient (Wildman–Crippen LogP) is 2.28. The molecule has 0 radical (unpaired) electrons. The normalized spacial score (nSPS) is 10.7. The summed E-state index contributed by atoms with van der Waals surface area (Å²) >= 11 is 0. The van der Waals surface area contributed by atoms with Crippen LogP contribution in [0.3, 0.4) is 0 Å². The topological polar surface area (TPSA) is 111 Å². The standard InChI is InChI=1S/C21H19N5O4/c1-29-15-8-14(9-16(10-15)30-2)22-20(27)12-19-23-24-21(28)18-11-17(25-26(18)19)13-6-4-3-5-7-13/h3-11H,12H2,1-2H3,(H,22,27)(H,24,28). The minimum absolute atomic E-state index is 0.0945. The molecule has 0 unspecified atom stereocenters. The van der Waals surface area contributed by atoms with Crippen LogP contribution in [-0.4, -0.2) is 39.9 Å². The number of carbonyl (C=O) groups is 1. The number of carbonyl (C=O) groups excluding carboxylic acids is 1. The summed E-state index contributed by atoms with van der Waals surface area (Å²) in [6, 6.07) is 16.2. The van der Waals surface area contributed by atoms with Gasteiger partial charge in [0, 0.05) is 29.4 Å². The SMILES string of the molecule is COc1cc(NC(=O)Cc2n[nH]c(=O)c3cc(-c4ccccc4)nn23)cc(OC)c1. The van der Waals surface area contributed by atoms with Crippen LogP contribution >= 0.6 is 0 Å². The minimum atomic E-state index is -0.383. The van der Waals surface area contributed by atoms with Gasteiger partial charge >= 0.3 is 0 Å². The first-order valence-electron chi connectivity index (χ1n) is 9.13. The number of rotatable bonds is 6. The van der Waals surface area contributed by atoms with E-state index in [1.165, 1.54) is 18.7 Å². The van der Waals surface area contributed by atoms with E-state index in [1.54, 1.807) is 24.3 Å². The molecular formula is C21H19N5O4. The number of fused-ring (bicyclic) bond motifs is 1. The first-order valence-corrected chi connectivity index (χ1v) is 9.13. The second-order valence-electron chi connectivity index (χ2n) is 6.49. The number of aromatic nitrogens is 4. The molecular weight excluding hydrogens is 386 g/mol. The van der Waals surface area contributed by atoms with Gasteiger partial charge in [0.1, 0.15) is 17.0 Å². The molecule has 1 amide bonds. The van der Waals surface area contributed by atoms with Gasteiger partial charge in [-0.05, 0) is 6.07 Å². The van der Waals surface area contributed by atoms with E-state index in [2.05, 4.69) is 20.6 Å². The van der Waals surface area contributed by atoms with Crippen LogP contribution < -0.4 is 20.3 Å². The molecule has 2 heterocycles. The Morgan fingerprint density at radius 3 is 2.43 bits per heavy atom. The second kappa shape index (κ2) is 8.08. The Hall–Kier alpha value is -4.14. The molecule has 152 valence electrons. The van der Waals surface area contributed by atoms with Gasteiger partial charge in [-0.15, -0.1) is 0 Å². The van der Waals surface area contributed by atoms with Crippen LogP contribution in [0.1, 0.15) is 5.82 Å². The van der Waals surface area contributed by atoms with E-state index in [0.717, 1.165) is 5.56 Å².